The van der Waals surface area contributed by atoms with Gasteiger partial charge in [0.05, 0.1) is 22.6 Å². The second-order valence-corrected chi connectivity index (χ2v) is 13.8. The first kappa shape index (κ1) is 32.3. The lowest BCUT2D eigenvalue weighted by molar-refractivity contribution is 1.28. The van der Waals surface area contributed by atoms with E-state index < -0.39 is 0 Å². The molecule has 2 heterocycles. The van der Waals surface area contributed by atoms with Gasteiger partial charge in [0.25, 0.3) is 0 Å². The highest BCUT2D eigenvalue weighted by atomic mass is 15.1. The number of fused-ring (bicyclic) bond motifs is 5. The number of rotatable bonds is 7. The largest absolute Gasteiger partial charge is 0.310 e. The van der Waals surface area contributed by atoms with Crippen molar-refractivity contribution in [1.29, 1.82) is 0 Å². The van der Waals surface area contributed by atoms with Crippen LogP contribution in [0.2, 0.25) is 0 Å². The molecule has 3 nitrogen and oxygen atoms in total. The van der Waals surface area contributed by atoms with Gasteiger partial charge in [-0.3, -0.25) is 0 Å². The molecule has 0 aliphatic carbocycles. The van der Waals surface area contributed by atoms with E-state index in [1.165, 1.54) is 5.39 Å². The Morgan fingerprint density at radius 1 is 0.327 bits per heavy atom. The predicted molar refractivity (Wildman–Crippen MR) is 231 cm³/mol. The van der Waals surface area contributed by atoms with Crippen molar-refractivity contribution >= 4 is 49.5 Å². The maximum absolute atomic E-state index is 5.48. The van der Waals surface area contributed by atoms with E-state index in [-0.39, 0.29) is 0 Å². The Balaban J connectivity index is 1.28. The topological polar surface area (TPSA) is 29.0 Å². The van der Waals surface area contributed by atoms with Crippen LogP contribution in [0.4, 0.5) is 17.1 Å². The van der Waals surface area contributed by atoms with E-state index in [0.717, 1.165) is 89.0 Å². The maximum atomic E-state index is 5.48. The molecular formula is C52H35N3. The Morgan fingerprint density at radius 3 is 1.55 bits per heavy atom. The molecule has 0 saturated carbocycles. The van der Waals surface area contributed by atoms with Crippen LogP contribution in [0, 0.1) is 0 Å². The summed E-state index contributed by atoms with van der Waals surface area (Å²) in [5.41, 5.74) is 12.5. The van der Waals surface area contributed by atoms with Crippen LogP contribution in [-0.2, 0) is 0 Å². The molecule has 0 fully saturated rings. The van der Waals surface area contributed by atoms with Crippen molar-refractivity contribution in [2.75, 3.05) is 4.90 Å². The third-order valence-corrected chi connectivity index (χ3v) is 10.4. The van der Waals surface area contributed by atoms with Crippen molar-refractivity contribution in [2.24, 2.45) is 0 Å². The van der Waals surface area contributed by atoms with Crippen molar-refractivity contribution in [3.8, 4) is 44.9 Å². The first-order valence-corrected chi connectivity index (χ1v) is 18.7. The van der Waals surface area contributed by atoms with Crippen LogP contribution in [0.1, 0.15) is 0 Å². The first-order valence-electron chi connectivity index (χ1n) is 18.7. The summed E-state index contributed by atoms with van der Waals surface area (Å²) in [5.74, 6) is 0. The van der Waals surface area contributed by atoms with Gasteiger partial charge in [-0.25, -0.2) is 9.97 Å². The van der Waals surface area contributed by atoms with Crippen LogP contribution in [0.3, 0.4) is 0 Å². The average Bonchev–Trinajstić information content (AvgIpc) is 3.27. The Morgan fingerprint density at radius 2 is 0.891 bits per heavy atom. The average molecular weight is 702 g/mol. The zero-order valence-corrected chi connectivity index (χ0v) is 30.0. The summed E-state index contributed by atoms with van der Waals surface area (Å²) >= 11 is 0. The number of hydrogen-bond acceptors (Lipinski definition) is 3. The lowest BCUT2D eigenvalue weighted by atomic mass is 9.91. The van der Waals surface area contributed by atoms with Gasteiger partial charge in [0.1, 0.15) is 0 Å². The molecule has 2 aromatic heterocycles. The molecular weight excluding hydrogens is 667 g/mol. The zero-order valence-electron chi connectivity index (χ0n) is 30.0. The fraction of sp³-hybridized carbons (Fsp3) is 0. The highest BCUT2D eigenvalue weighted by Gasteiger charge is 2.20. The Labute approximate surface area is 320 Å². The lowest BCUT2D eigenvalue weighted by Crippen LogP contribution is -2.09. The van der Waals surface area contributed by atoms with Gasteiger partial charge < -0.3 is 4.90 Å². The fourth-order valence-electron chi connectivity index (χ4n) is 7.85. The van der Waals surface area contributed by atoms with Crippen molar-refractivity contribution in [3.63, 3.8) is 0 Å². The lowest BCUT2D eigenvalue weighted by Gasteiger charge is -2.26. The molecule has 0 aliphatic heterocycles. The molecule has 0 spiro atoms. The molecule has 0 radical (unpaired) electrons. The Hall–Kier alpha value is -7.36. The highest BCUT2D eigenvalue weighted by molar-refractivity contribution is 6.26. The quantitative estimate of drug-likeness (QED) is 0.155. The van der Waals surface area contributed by atoms with Crippen LogP contribution in [-0.4, -0.2) is 9.97 Å². The van der Waals surface area contributed by atoms with E-state index in [9.17, 15) is 0 Å². The number of benzene rings is 8. The molecule has 8 aromatic carbocycles. The van der Waals surface area contributed by atoms with Gasteiger partial charge in [-0.2, -0.15) is 0 Å². The molecule has 0 bridgehead atoms. The molecule has 0 N–H and O–H groups in total. The minimum Gasteiger partial charge on any atom is -0.310 e. The van der Waals surface area contributed by atoms with E-state index in [0.29, 0.717) is 0 Å². The van der Waals surface area contributed by atoms with E-state index in [1.807, 2.05) is 0 Å². The number of anilines is 3. The maximum Gasteiger partial charge on any atom is 0.0788 e. The molecule has 10 rings (SSSR count). The monoisotopic (exact) mass is 701 g/mol. The van der Waals surface area contributed by atoms with Crippen molar-refractivity contribution in [2.45, 2.75) is 0 Å². The van der Waals surface area contributed by atoms with Crippen LogP contribution >= 0.6 is 0 Å². The van der Waals surface area contributed by atoms with E-state index >= 15 is 0 Å². The molecule has 258 valence electrons. The molecule has 0 atom stereocenters. The summed E-state index contributed by atoms with van der Waals surface area (Å²) in [6, 6.07) is 75.0. The summed E-state index contributed by atoms with van der Waals surface area (Å²) in [6.07, 6.45) is 0. The van der Waals surface area contributed by atoms with Gasteiger partial charge in [0.15, 0.2) is 0 Å². The Bertz CT molecular complexity index is 2850. The molecule has 0 amide bonds. The highest BCUT2D eigenvalue weighted by Crippen LogP contribution is 2.44. The summed E-state index contributed by atoms with van der Waals surface area (Å²) in [6.45, 7) is 0. The van der Waals surface area contributed by atoms with Gasteiger partial charge in [0.2, 0.25) is 0 Å². The van der Waals surface area contributed by atoms with Gasteiger partial charge in [-0.1, -0.05) is 164 Å². The molecule has 0 aliphatic rings. The molecule has 0 saturated heterocycles. The normalized spacial score (nSPS) is 11.3. The van der Waals surface area contributed by atoms with Gasteiger partial charge in [0, 0.05) is 49.9 Å². The predicted octanol–water partition coefficient (Wildman–Crippen LogP) is 14.1. The summed E-state index contributed by atoms with van der Waals surface area (Å²) in [4.78, 5) is 13.2. The van der Waals surface area contributed by atoms with E-state index in [1.54, 1.807) is 0 Å². The number of hydrogen-bond donors (Lipinski definition) is 0. The van der Waals surface area contributed by atoms with Crippen molar-refractivity contribution in [3.05, 3.63) is 212 Å². The van der Waals surface area contributed by atoms with E-state index in [2.05, 4.69) is 217 Å². The van der Waals surface area contributed by atoms with Crippen molar-refractivity contribution < 1.29 is 0 Å². The van der Waals surface area contributed by atoms with Crippen LogP contribution in [0.25, 0.3) is 77.3 Å². The number of para-hydroxylation sites is 2. The third-order valence-electron chi connectivity index (χ3n) is 10.4. The summed E-state index contributed by atoms with van der Waals surface area (Å²) in [5, 5.41) is 5.69. The Kier molecular flexibility index (Phi) is 8.16. The minimum absolute atomic E-state index is 0.930. The number of pyridine rings is 2. The zero-order chi connectivity index (χ0) is 36.6. The van der Waals surface area contributed by atoms with Crippen molar-refractivity contribution in [1.82, 2.24) is 9.97 Å². The molecule has 3 heteroatoms. The van der Waals surface area contributed by atoms with Crippen LogP contribution < -0.4 is 4.90 Å². The standard InChI is InChI=1S/C52H35N3/c1-6-17-36(18-7-1)40-33-47(37-19-8-2-9-20-37)53-48(34-40)44-28-16-23-38-29-31-46-51(50(38)44)45-32-30-43(35-49(45)54-52(46)39-21-10-3-11-22-39)55(41-24-12-4-13-25-41)42-26-14-5-15-27-42/h1-35H. The first-order chi connectivity index (χ1) is 27.3. The molecule has 55 heavy (non-hydrogen) atoms. The second-order valence-electron chi connectivity index (χ2n) is 13.8. The van der Waals surface area contributed by atoms with Gasteiger partial charge in [-0.15, -0.1) is 0 Å². The second kappa shape index (κ2) is 13.9. The van der Waals surface area contributed by atoms with Gasteiger partial charge >= 0.3 is 0 Å². The fourth-order valence-corrected chi connectivity index (χ4v) is 7.85. The third kappa shape index (κ3) is 5.98. The van der Waals surface area contributed by atoms with Crippen LogP contribution in [0.5, 0.6) is 0 Å². The summed E-state index contributed by atoms with van der Waals surface area (Å²) in [7, 11) is 0. The van der Waals surface area contributed by atoms with Crippen LogP contribution in [0.15, 0.2) is 212 Å². The van der Waals surface area contributed by atoms with Gasteiger partial charge in [-0.05, 0) is 70.4 Å². The number of nitrogens with zero attached hydrogens (tertiary/aromatic N) is 3. The molecule has 10 aromatic rings. The minimum atomic E-state index is 0.930. The molecule has 0 unspecified atom stereocenters. The summed E-state index contributed by atoms with van der Waals surface area (Å²) < 4.78 is 0. The number of aromatic nitrogens is 2. The SMILES string of the molecule is c1ccc(-c2cc(-c3ccccc3)nc(-c3cccc4ccc5c(-c6ccccc6)nc6cc(N(c7ccccc7)c7ccccc7)ccc6c5c34)c2)cc1. The smallest absolute Gasteiger partial charge is 0.0788 e. The van der Waals surface area contributed by atoms with E-state index in [4.69, 9.17) is 9.97 Å².